The van der Waals surface area contributed by atoms with Gasteiger partial charge in [0.05, 0.1) is 5.71 Å². The van der Waals surface area contributed by atoms with Gasteiger partial charge in [0, 0.05) is 11.1 Å². The summed E-state index contributed by atoms with van der Waals surface area (Å²) in [6, 6.07) is 7.90. The maximum Gasteiger partial charge on any atom is 0.187 e. The van der Waals surface area contributed by atoms with Gasteiger partial charge >= 0.3 is 0 Å². The van der Waals surface area contributed by atoms with E-state index in [1.54, 1.807) is 0 Å². The number of nitrogens with zero attached hydrogens (tertiary/aromatic N) is 1. The molecule has 0 aromatic heterocycles. The molecule has 0 radical (unpaired) electrons. The molecule has 5 heteroatoms. The summed E-state index contributed by atoms with van der Waals surface area (Å²) in [5.74, 6) is 0. The summed E-state index contributed by atoms with van der Waals surface area (Å²) in [5, 5.41) is 8.64. The molecule has 3 nitrogen and oxygen atoms in total. The quantitative estimate of drug-likeness (QED) is 0.506. The van der Waals surface area contributed by atoms with Crippen LogP contribution in [0.15, 0.2) is 29.4 Å². The highest BCUT2D eigenvalue weighted by molar-refractivity contribution is 7.80. The van der Waals surface area contributed by atoms with Gasteiger partial charge in [0.25, 0.3) is 0 Å². The number of rotatable bonds is 4. The molecule has 0 aliphatic carbocycles. The van der Waals surface area contributed by atoms with E-state index in [2.05, 4.69) is 15.8 Å². The Morgan fingerprint density at radius 3 is 2.44 bits per heavy atom. The summed E-state index contributed by atoms with van der Waals surface area (Å²) >= 11 is 11.0. The second-order valence-electron chi connectivity index (χ2n) is 4.16. The molecule has 18 heavy (non-hydrogen) atoms. The van der Waals surface area contributed by atoms with E-state index in [9.17, 15) is 0 Å². The molecular weight excluding hydrogens is 266 g/mol. The van der Waals surface area contributed by atoms with E-state index in [-0.39, 0.29) is 0 Å². The first-order chi connectivity index (χ1) is 8.52. The van der Waals surface area contributed by atoms with Gasteiger partial charge in [0.15, 0.2) is 5.11 Å². The SMILES string of the molecule is CC/C(=N/NC(=S)NC(C)C)c1ccc(Cl)cc1. The lowest BCUT2D eigenvalue weighted by Crippen LogP contribution is -2.37. The number of hydrogen-bond acceptors (Lipinski definition) is 2. The number of nitrogens with one attached hydrogen (secondary N) is 2. The summed E-state index contributed by atoms with van der Waals surface area (Å²) in [7, 11) is 0. The lowest BCUT2D eigenvalue weighted by molar-refractivity contribution is 0.719. The minimum absolute atomic E-state index is 0.292. The Hall–Kier alpha value is -1.13. The van der Waals surface area contributed by atoms with E-state index in [0.717, 1.165) is 22.7 Å². The molecule has 0 heterocycles. The molecule has 0 aliphatic rings. The van der Waals surface area contributed by atoms with Crippen molar-refractivity contribution in [3.8, 4) is 0 Å². The van der Waals surface area contributed by atoms with Gasteiger partial charge in [-0.25, -0.2) is 0 Å². The molecule has 0 fully saturated rings. The molecule has 1 aromatic carbocycles. The highest BCUT2D eigenvalue weighted by Gasteiger charge is 2.02. The zero-order chi connectivity index (χ0) is 13.5. The van der Waals surface area contributed by atoms with Gasteiger partial charge in [-0.15, -0.1) is 0 Å². The van der Waals surface area contributed by atoms with E-state index in [4.69, 9.17) is 23.8 Å². The molecule has 0 amide bonds. The Morgan fingerprint density at radius 1 is 1.33 bits per heavy atom. The number of hydrogen-bond donors (Lipinski definition) is 2. The minimum atomic E-state index is 0.292. The molecule has 0 spiro atoms. The molecule has 0 unspecified atom stereocenters. The number of benzene rings is 1. The fourth-order valence-corrected chi connectivity index (χ4v) is 1.81. The van der Waals surface area contributed by atoms with Gasteiger partial charge in [-0.05, 0) is 50.2 Å². The predicted molar refractivity (Wildman–Crippen MR) is 82.3 cm³/mol. The summed E-state index contributed by atoms with van der Waals surface area (Å²) in [4.78, 5) is 0. The van der Waals surface area contributed by atoms with Gasteiger partial charge in [0.2, 0.25) is 0 Å². The van der Waals surface area contributed by atoms with Crippen LogP contribution in [0.4, 0.5) is 0 Å². The van der Waals surface area contributed by atoms with Crippen LogP contribution in [0.25, 0.3) is 0 Å². The maximum atomic E-state index is 5.86. The normalized spacial score (nSPS) is 11.5. The molecule has 1 aromatic rings. The summed E-state index contributed by atoms with van der Waals surface area (Å²) < 4.78 is 0. The van der Waals surface area contributed by atoms with Crippen LogP contribution in [0.2, 0.25) is 5.02 Å². The van der Waals surface area contributed by atoms with Crippen LogP contribution < -0.4 is 10.7 Å². The lowest BCUT2D eigenvalue weighted by atomic mass is 10.1. The van der Waals surface area contributed by atoms with Crippen molar-refractivity contribution in [2.45, 2.75) is 33.2 Å². The van der Waals surface area contributed by atoms with Crippen molar-refractivity contribution in [2.24, 2.45) is 5.10 Å². The Labute approximate surface area is 119 Å². The first kappa shape index (κ1) is 14.9. The van der Waals surface area contributed by atoms with E-state index in [0.29, 0.717) is 11.2 Å². The molecule has 0 aliphatic heterocycles. The zero-order valence-electron chi connectivity index (χ0n) is 10.8. The fraction of sp³-hybridized carbons (Fsp3) is 0.385. The third kappa shape index (κ3) is 5.02. The van der Waals surface area contributed by atoms with Crippen LogP contribution in [0.1, 0.15) is 32.8 Å². The Morgan fingerprint density at radius 2 is 1.94 bits per heavy atom. The van der Waals surface area contributed by atoms with E-state index < -0.39 is 0 Å². The third-order valence-corrected chi connectivity index (χ3v) is 2.69. The summed E-state index contributed by atoms with van der Waals surface area (Å²) in [6.45, 7) is 6.10. The Balaban J connectivity index is 2.71. The lowest BCUT2D eigenvalue weighted by Gasteiger charge is -2.11. The number of halogens is 1. The average Bonchev–Trinajstić information content (AvgIpc) is 2.31. The largest absolute Gasteiger partial charge is 0.359 e. The highest BCUT2D eigenvalue weighted by Crippen LogP contribution is 2.11. The van der Waals surface area contributed by atoms with Crippen molar-refractivity contribution in [3.63, 3.8) is 0 Å². The predicted octanol–water partition coefficient (Wildman–Crippen LogP) is 3.33. The fourth-order valence-electron chi connectivity index (χ4n) is 1.40. The van der Waals surface area contributed by atoms with Crippen LogP contribution >= 0.6 is 23.8 Å². The van der Waals surface area contributed by atoms with Crippen molar-refractivity contribution in [2.75, 3.05) is 0 Å². The van der Waals surface area contributed by atoms with Crippen molar-refractivity contribution in [1.29, 1.82) is 0 Å². The summed E-state index contributed by atoms with van der Waals surface area (Å²) in [6.07, 6.45) is 0.818. The van der Waals surface area contributed by atoms with Crippen LogP contribution in [-0.2, 0) is 0 Å². The molecule has 0 saturated heterocycles. The minimum Gasteiger partial charge on any atom is -0.359 e. The maximum absolute atomic E-state index is 5.86. The van der Waals surface area contributed by atoms with E-state index in [1.165, 1.54) is 0 Å². The molecule has 2 N–H and O–H groups in total. The monoisotopic (exact) mass is 283 g/mol. The molecule has 0 bridgehead atoms. The van der Waals surface area contributed by atoms with Crippen molar-refractivity contribution < 1.29 is 0 Å². The van der Waals surface area contributed by atoms with Crippen molar-refractivity contribution in [1.82, 2.24) is 10.7 Å². The first-order valence-corrected chi connectivity index (χ1v) is 6.70. The van der Waals surface area contributed by atoms with Gasteiger partial charge in [-0.2, -0.15) is 5.10 Å². The second-order valence-corrected chi connectivity index (χ2v) is 5.00. The third-order valence-electron chi connectivity index (χ3n) is 2.22. The van der Waals surface area contributed by atoms with Crippen LogP contribution in [0.3, 0.4) is 0 Å². The molecule has 0 saturated carbocycles. The van der Waals surface area contributed by atoms with Gasteiger partial charge in [-0.1, -0.05) is 30.7 Å². The Kier molecular flexibility index (Phi) is 6.09. The first-order valence-electron chi connectivity index (χ1n) is 5.92. The summed E-state index contributed by atoms with van der Waals surface area (Å²) in [5.41, 5.74) is 4.84. The standard InChI is InChI=1S/C13H18ClN3S/c1-4-12(10-5-7-11(14)8-6-10)16-17-13(18)15-9(2)3/h5-9H,4H2,1-3H3,(H2,15,17,18)/b16-12-. The van der Waals surface area contributed by atoms with Gasteiger partial charge in [0.1, 0.15) is 0 Å². The van der Waals surface area contributed by atoms with Crippen LogP contribution in [0.5, 0.6) is 0 Å². The van der Waals surface area contributed by atoms with Crippen LogP contribution in [-0.4, -0.2) is 16.9 Å². The smallest absolute Gasteiger partial charge is 0.187 e. The zero-order valence-corrected chi connectivity index (χ0v) is 12.4. The van der Waals surface area contributed by atoms with Gasteiger partial charge in [-0.3, -0.25) is 5.43 Å². The molecule has 1 rings (SSSR count). The van der Waals surface area contributed by atoms with Gasteiger partial charge < -0.3 is 5.32 Å². The highest BCUT2D eigenvalue weighted by atomic mass is 35.5. The second kappa shape index (κ2) is 7.34. The Bertz CT molecular complexity index is 426. The topological polar surface area (TPSA) is 36.4 Å². The van der Waals surface area contributed by atoms with Crippen molar-refractivity contribution >= 4 is 34.6 Å². The van der Waals surface area contributed by atoms with Crippen LogP contribution in [0, 0.1) is 0 Å². The number of thiocarbonyl (C=S) groups is 1. The number of hydrazone groups is 1. The van der Waals surface area contributed by atoms with E-state index >= 15 is 0 Å². The van der Waals surface area contributed by atoms with E-state index in [1.807, 2.05) is 45.0 Å². The van der Waals surface area contributed by atoms with Crippen molar-refractivity contribution in [3.05, 3.63) is 34.9 Å². The average molecular weight is 284 g/mol. The molecule has 98 valence electrons. The molecular formula is C13H18ClN3S. The molecule has 0 atom stereocenters.